The highest BCUT2D eigenvalue weighted by Crippen LogP contribution is 2.38. The van der Waals surface area contributed by atoms with E-state index in [1.54, 1.807) is 33.5 Å². The summed E-state index contributed by atoms with van der Waals surface area (Å²) in [6.07, 6.45) is 3.93. The molecule has 31 heavy (non-hydrogen) atoms. The number of ether oxygens (including phenoxy) is 3. The molecule has 0 unspecified atom stereocenters. The second-order valence-electron chi connectivity index (χ2n) is 7.62. The second kappa shape index (κ2) is 10.9. The molecule has 1 aliphatic heterocycles. The highest BCUT2D eigenvalue weighted by atomic mass is 16.5. The predicted molar refractivity (Wildman–Crippen MR) is 125 cm³/mol. The minimum Gasteiger partial charge on any atom is -0.493 e. The SMILES string of the molecule is COc1cc(/C=C/C(=O)CCN2CCN(c3ccccc3C)CC2)cc(OC)c1OC. The standard InChI is InChI=1S/C25H32N2O4/c1-19-7-5-6-8-22(19)27-15-13-26(14-16-27)12-11-21(28)10-9-20-17-23(29-2)25(31-4)24(18-20)30-3/h5-10,17-18H,11-16H2,1-4H3/b10-9+. The summed E-state index contributed by atoms with van der Waals surface area (Å²) in [5.41, 5.74) is 3.45. The van der Waals surface area contributed by atoms with Crippen LogP contribution in [0.5, 0.6) is 17.2 Å². The summed E-state index contributed by atoms with van der Waals surface area (Å²) in [6.45, 7) is 6.85. The first-order valence-corrected chi connectivity index (χ1v) is 10.6. The average Bonchev–Trinajstić information content (AvgIpc) is 2.81. The van der Waals surface area contributed by atoms with Gasteiger partial charge in [0.2, 0.25) is 5.75 Å². The fraction of sp³-hybridized carbons (Fsp3) is 0.400. The normalized spacial score (nSPS) is 14.6. The Bertz CT molecular complexity index is 892. The lowest BCUT2D eigenvalue weighted by Crippen LogP contribution is -2.47. The van der Waals surface area contributed by atoms with Crippen LogP contribution in [0, 0.1) is 6.92 Å². The molecule has 0 atom stereocenters. The van der Waals surface area contributed by atoms with Crippen molar-refractivity contribution in [3.63, 3.8) is 0 Å². The van der Waals surface area contributed by atoms with Crippen molar-refractivity contribution in [2.45, 2.75) is 13.3 Å². The van der Waals surface area contributed by atoms with E-state index in [0.717, 1.165) is 38.3 Å². The van der Waals surface area contributed by atoms with Crippen molar-refractivity contribution in [1.29, 1.82) is 0 Å². The Kier molecular flexibility index (Phi) is 7.95. The first kappa shape index (κ1) is 22.7. The molecule has 0 spiro atoms. The molecule has 0 N–H and O–H groups in total. The van der Waals surface area contributed by atoms with Crippen molar-refractivity contribution in [2.75, 3.05) is 59.0 Å². The second-order valence-corrected chi connectivity index (χ2v) is 7.62. The first-order chi connectivity index (χ1) is 15.0. The number of methoxy groups -OCH3 is 3. The highest BCUT2D eigenvalue weighted by molar-refractivity contribution is 5.93. The summed E-state index contributed by atoms with van der Waals surface area (Å²) in [5.74, 6) is 1.79. The molecule has 1 fully saturated rings. The third kappa shape index (κ3) is 5.79. The average molecular weight is 425 g/mol. The third-order valence-corrected chi connectivity index (χ3v) is 5.65. The van der Waals surface area contributed by atoms with Crippen molar-refractivity contribution in [3.8, 4) is 17.2 Å². The van der Waals surface area contributed by atoms with Gasteiger partial charge in [-0.1, -0.05) is 24.3 Å². The third-order valence-electron chi connectivity index (χ3n) is 5.65. The zero-order valence-electron chi connectivity index (χ0n) is 18.9. The van der Waals surface area contributed by atoms with Crippen LogP contribution in [0.1, 0.15) is 17.5 Å². The van der Waals surface area contributed by atoms with Crippen LogP contribution in [0.2, 0.25) is 0 Å². The van der Waals surface area contributed by atoms with Crippen molar-refractivity contribution < 1.29 is 19.0 Å². The lowest BCUT2D eigenvalue weighted by Gasteiger charge is -2.36. The van der Waals surface area contributed by atoms with Crippen LogP contribution in [0.4, 0.5) is 5.69 Å². The molecule has 0 radical (unpaired) electrons. The summed E-state index contributed by atoms with van der Waals surface area (Å²) in [6, 6.07) is 12.2. The molecule has 1 saturated heterocycles. The number of aryl methyl sites for hydroxylation is 1. The van der Waals surface area contributed by atoms with Gasteiger partial charge in [0.05, 0.1) is 21.3 Å². The summed E-state index contributed by atoms with van der Waals surface area (Å²) < 4.78 is 16.1. The number of hydrogen-bond donors (Lipinski definition) is 0. The zero-order chi connectivity index (χ0) is 22.2. The van der Waals surface area contributed by atoms with Crippen LogP contribution in [-0.2, 0) is 4.79 Å². The minimum atomic E-state index is 0.107. The van der Waals surface area contributed by atoms with E-state index in [2.05, 4.69) is 41.0 Å². The topological polar surface area (TPSA) is 51.2 Å². The maximum atomic E-state index is 12.4. The van der Waals surface area contributed by atoms with Crippen LogP contribution in [0.25, 0.3) is 6.08 Å². The van der Waals surface area contributed by atoms with E-state index in [0.29, 0.717) is 23.7 Å². The molecule has 1 aliphatic rings. The number of carbonyl (C=O) groups excluding carboxylic acids is 1. The van der Waals surface area contributed by atoms with Crippen molar-refractivity contribution >= 4 is 17.5 Å². The fourth-order valence-electron chi connectivity index (χ4n) is 3.87. The Hall–Kier alpha value is -2.99. The summed E-state index contributed by atoms with van der Waals surface area (Å²) in [4.78, 5) is 17.2. The first-order valence-electron chi connectivity index (χ1n) is 10.6. The maximum absolute atomic E-state index is 12.4. The molecule has 0 aliphatic carbocycles. The van der Waals surface area contributed by atoms with Gasteiger partial charge in [0.1, 0.15) is 0 Å². The number of piperazine rings is 1. The van der Waals surface area contributed by atoms with E-state index < -0.39 is 0 Å². The molecule has 6 heteroatoms. The number of benzene rings is 2. The zero-order valence-corrected chi connectivity index (χ0v) is 18.9. The molecule has 166 valence electrons. The molecule has 6 nitrogen and oxygen atoms in total. The molecule has 0 bridgehead atoms. The molecule has 0 saturated carbocycles. The smallest absolute Gasteiger partial charge is 0.203 e. The monoisotopic (exact) mass is 424 g/mol. The molecule has 1 heterocycles. The molecule has 2 aromatic carbocycles. The van der Waals surface area contributed by atoms with Gasteiger partial charge in [0.25, 0.3) is 0 Å². The van der Waals surface area contributed by atoms with E-state index in [1.165, 1.54) is 11.3 Å². The van der Waals surface area contributed by atoms with Gasteiger partial charge in [-0.2, -0.15) is 0 Å². The number of para-hydroxylation sites is 1. The Labute approximate surface area is 185 Å². The van der Waals surface area contributed by atoms with Crippen LogP contribution >= 0.6 is 0 Å². The molecule has 0 aromatic heterocycles. The molecular formula is C25H32N2O4. The van der Waals surface area contributed by atoms with Crippen LogP contribution < -0.4 is 19.1 Å². The van der Waals surface area contributed by atoms with E-state index >= 15 is 0 Å². The van der Waals surface area contributed by atoms with E-state index in [4.69, 9.17) is 14.2 Å². The number of hydrogen-bond acceptors (Lipinski definition) is 6. The summed E-state index contributed by atoms with van der Waals surface area (Å²) in [7, 11) is 4.73. The lowest BCUT2D eigenvalue weighted by atomic mass is 10.1. The van der Waals surface area contributed by atoms with E-state index in [-0.39, 0.29) is 5.78 Å². The lowest BCUT2D eigenvalue weighted by molar-refractivity contribution is -0.114. The maximum Gasteiger partial charge on any atom is 0.203 e. The van der Waals surface area contributed by atoms with Crippen LogP contribution in [-0.4, -0.2) is 64.7 Å². The number of carbonyl (C=O) groups is 1. The van der Waals surface area contributed by atoms with Crippen LogP contribution in [0.3, 0.4) is 0 Å². The number of nitrogens with zero attached hydrogens (tertiary/aromatic N) is 2. The van der Waals surface area contributed by atoms with Crippen molar-refractivity contribution in [3.05, 3.63) is 53.6 Å². The number of ketones is 1. The van der Waals surface area contributed by atoms with Gasteiger partial charge in [0, 0.05) is 44.8 Å². The summed E-state index contributed by atoms with van der Waals surface area (Å²) in [5, 5.41) is 0. The Morgan fingerprint density at radius 3 is 2.19 bits per heavy atom. The minimum absolute atomic E-state index is 0.107. The van der Waals surface area contributed by atoms with Gasteiger partial charge in [-0.05, 0) is 42.3 Å². The van der Waals surface area contributed by atoms with E-state index in [1.807, 2.05) is 12.1 Å². The largest absolute Gasteiger partial charge is 0.493 e. The van der Waals surface area contributed by atoms with Crippen LogP contribution in [0.15, 0.2) is 42.5 Å². The molecule has 2 aromatic rings. The number of allylic oxidation sites excluding steroid dienone is 1. The molecular weight excluding hydrogens is 392 g/mol. The van der Waals surface area contributed by atoms with Gasteiger partial charge < -0.3 is 19.1 Å². The summed E-state index contributed by atoms with van der Waals surface area (Å²) >= 11 is 0. The Morgan fingerprint density at radius 1 is 0.968 bits per heavy atom. The van der Waals surface area contributed by atoms with Gasteiger partial charge in [0.15, 0.2) is 17.3 Å². The van der Waals surface area contributed by atoms with Crippen molar-refractivity contribution in [1.82, 2.24) is 4.90 Å². The van der Waals surface area contributed by atoms with Crippen molar-refractivity contribution in [2.24, 2.45) is 0 Å². The molecule has 0 amide bonds. The highest BCUT2D eigenvalue weighted by Gasteiger charge is 2.18. The number of anilines is 1. The van der Waals surface area contributed by atoms with Gasteiger partial charge >= 0.3 is 0 Å². The fourth-order valence-corrected chi connectivity index (χ4v) is 3.87. The quantitative estimate of drug-likeness (QED) is 0.571. The van der Waals surface area contributed by atoms with E-state index in [9.17, 15) is 4.79 Å². The van der Waals surface area contributed by atoms with Gasteiger partial charge in [-0.25, -0.2) is 0 Å². The number of rotatable bonds is 9. The van der Waals surface area contributed by atoms with Gasteiger partial charge in [-0.15, -0.1) is 0 Å². The predicted octanol–water partition coefficient (Wildman–Crippen LogP) is 3.82. The Balaban J connectivity index is 1.51. The van der Waals surface area contributed by atoms with Gasteiger partial charge in [-0.3, -0.25) is 9.69 Å². The Morgan fingerprint density at radius 2 is 1.61 bits per heavy atom. The molecule has 3 rings (SSSR count).